The van der Waals surface area contributed by atoms with Crippen molar-refractivity contribution in [3.05, 3.63) is 94.5 Å². The van der Waals surface area contributed by atoms with E-state index in [1.54, 1.807) is 60.7 Å². The minimum atomic E-state index is -0.554. The fourth-order valence-electron chi connectivity index (χ4n) is 5.29. The van der Waals surface area contributed by atoms with Crippen LogP contribution in [0.25, 0.3) is 0 Å². The molecule has 1 fully saturated rings. The summed E-state index contributed by atoms with van der Waals surface area (Å²) >= 11 is 0. The molecule has 10 heteroatoms. The van der Waals surface area contributed by atoms with Crippen LogP contribution in [0.2, 0.25) is 0 Å². The lowest BCUT2D eigenvalue weighted by Gasteiger charge is -2.37. The number of nitrogens with one attached hydrogen (secondary N) is 1. The molecule has 4 rings (SSSR count). The molecule has 1 amide bonds. The average Bonchev–Trinajstić information content (AvgIpc) is 3.25. The predicted octanol–water partition coefficient (Wildman–Crippen LogP) is 5.41. The van der Waals surface area contributed by atoms with Crippen molar-refractivity contribution in [2.45, 2.75) is 58.2 Å². The third-order valence-electron chi connectivity index (χ3n) is 7.86. The van der Waals surface area contributed by atoms with Gasteiger partial charge in [0, 0.05) is 37.4 Å². The molecule has 0 radical (unpaired) electrons. The minimum Gasteiger partial charge on any atom is -0.468 e. The number of ketones is 1. The summed E-state index contributed by atoms with van der Waals surface area (Å²) in [6.45, 7) is 9.73. The number of amides is 1. The zero-order valence-corrected chi connectivity index (χ0v) is 27.5. The maximum Gasteiger partial charge on any atom is 0.338 e. The summed E-state index contributed by atoms with van der Waals surface area (Å²) in [6, 6.07) is 18.1. The number of rotatable bonds is 12. The Morgan fingerprint density at radius 1 is 0.848 bits per heavy atom. The zero-order chi connectivity index (χ0) is 33.3. The Labute approximate surface area is 270 Å². The Morgan fingerprint density at radius 2 is 1.48 bits per heavy atom. The van der Waals surface area contributed by atoms with Crippen molar-refractivity contribution in [1.29, 1.82) is 0 Å². The Bertz CT molecular complexity index is 1480. The molecule has 0 unspecified atom stereocenters. The highest BCUT2D eigenvalue weighted by Crippen LogP contribution is 2.26. The standard InChI is InChI=1S/C36H44N2O8/c1-24-9-18-31(45-23-43-6)29(20-24)33(39)25-10-12-27(13-11-25)35(41)46-32-8-7-19-38(36(2,3)4)21-30(32)37-34(40)26-14-16-28(17-15-26)44-22-42-5/h9-18,20,30,32H,7-8,19,21-23H2,1-6H3,(H,37,40)/t30-,32-/m1/s1. The van der Waals surface area contributed by atoms with Crippen LogP contribution in [0.4, 0.5) is 0 Å². The van der Waals surface area contributed by atoms with Crippen LogP contribution in [-0.2, 0) is 14.2 Å². The number of methoxy groups -OCH3 is 2. The molecule has 46 heavy (non-hydrogen) atoms. The largest absolute Gasteiger partial charge is 0.468 e. The number of carbonyl (C=O) groups excluding carboxylic acids is 3. The van der Waals surface area contributed by atoms with Crippen molar-refractivity contribution in [2.24, 2.45) is 0 Å². The lowest BCUT2D eigenvalue weighted by molar-refractivity contribution is 0.0157. The first-order valence-corrected chi connectivity index (χ1v) is 15.4. The van der Waals surface area contributed by atoms with E-state index in [0.717, 1.165) is 18.5 Å². The van der Waals surface area contributed by atoms with Gasteiger partial charge >= 0.3 is 5.97 Å². The fourth-order valence-corrected chi connectivity index (χ4v) is 5.29. The highest BCUT2D eigenvalue weighted by Gasteiger charge is 2.35. The molecular formula is C36H44N2O8. The molecule has 246 valence electrons. The van der Waals surface area contributed by atoms with E-state index >= 15 is 0 Å². The van der Waals surface area contributed by atoms with Crippen LogP contribution in [0.3, 0.4) is 0 Å². The van der Waals surface area contributed by atoms with E-state index < -0.39 is 18.1 Å². The van der Waals surface area contributed by atoms with E-state index in [9.17, 15) is 14.4 Å². The molecule has 3 aromatic carbocycles. The van der Waals surface area contributed by atoms with Crippen molar-refractivity contribution in [3.63, 3.8) is 0 Å². The number of hydrogen-bond acceptors (Lipinski definition) is 9. The smallest absolute Gasteiger partial charge is 0.338 e. The number of ether oxygens (including phenoxy) is 5. The normalized spacial score (nSPS) is 17.1. The number of esters is 1. The predicted molar refractivity (Wildman–Crippen MR) is 174 cm³/mol. The molecule has 3 aromatic rings. The Morgan fingerprint density at radius 3 is 2.13 bits per heavy atom. The third kappa shape index (κ3) is 9.15. The maximum atomic E-state index is 13.4. The van der Waals surface area contributed by atoms with Gasteiger partial charge in [0.05, 0.1) is 17.2 Å². The molecule has 0 aliphatic carbocycles. The van der Waals surface area contributed by atoms with Crippen LogP contribution in [-0.4, -0.2) is 81.1 Å². The third-order valence-corrected chi connectivity index (χ3v) is 7.86. The molecule has 2 atom stereocenters. The van der Waals surface area contributed by atoms with Crippen LogP contribution >= 0.6 is 0 Å². The first-order chi connectivity index (χ1) is 22.0. The number of carbonyl (C=O) groups is 3. The van der Waals surface area contributed by atoms with Crippen molar-refractivity contribution in [3.8, 4) is 11.5 Å². The summed E-state index contributed by atoms with van der Waals surface area (Å²) < 4.78 is 27.0. The molecule has 1 heterocycles. The van der Waals surface area contributed by atoms with Gasteiger partial charge in [-0.3, -0.25) is 14.5 Å². The zero-order valence-electron chi connectivity index (χ0n) is 27.5. The maximum absolute atomic E-state index is 13.4. The molecule has 1 N–H and O–H groups in total. The van der Waals surface area contributed by atoms with Gasteiger partial charge in [-0.25, -0.2) is 4.79 Å². The van der Waals surface area contributed by atoms with E-state index in [2.05, 4.69) is 31.0 Å². The second-order valence-electron chi connectivity index (χ2n) is 12.3. The van der Waals surface area contributed by atoms with E-state index in [0.29, 0.717) is 46.7 Å². The average molecular weight is 633 g/mol. The molecule has 1 saturated heterocycles. The van der Waals surface area contributed by atoms with Gasteiger partial charge in [0.1, 0.15) is 17.6 Å². The topological polar surface area (TPSA) is 113 Å². The molecule has 0 spiro atoms. The van der Waals surface area contributed by atoms with Crippen molar-refractivity contribution >= 4 is 17.7 Å². The van der Waals surface area contributed by atoms with Gasteiger partial charge < -0.3 is 29.0 Å². The van der Waals surface area contributed by atoms with E-state index in [1.807, 2.05) is 13.0 Å². The summed E-state index contributed by atoms with van der Waals surface area (Å²) in [5.74, 6) is -0.0197. The lowest BCUT2D eigenvalue weighted by Crippen LogP contribution is -2.53. The van der Waals surface area contributed by atoms with E-state index in [1.165, 1.54) is 14.2 Å². The summed E-state index contributed by atoms with van der Waals surface area (Å²) in [7, 11) is 3.05. The SMILES string of the molecule is COCOc1ccc(C(=O)N[C@@H]2CN(C(C)(C)C)CCC[C@H]2OC(=O)c2ccc(C(=O)c3cc(C)ccc3OCOC)cc2)cc1. The Balaban J connectivity index is 1.49. The Kier molecular flexibility index (Phi) is 11.9. The summed E-state index contributed by atoms with van der Waals surface area (Å²) in [5.41, 5.74) is 2.36. The van der Waals surface area contributed by atoms with Crippen LogP contribution in [0.1, 0.15) is 75.8 Å². The Hall–Kier alpha value is -4.25. The number of hydrogen-bond donors (Lipinski definition) is 1. The minimum absolute atomic E-state index is 0.0143. The van der Waals surface area contributed by atoms with Gasteiger partial charge in [0.25, 0.3) is 5.91 Å². The molecular weight excluding hydrogens is 588 g/mol. The summed E-state index contributed by atoms with van der Waals surface area (Å²) in [5, 5.41) is 3.12. The quantitative estimate of drug-likeness (QED) is 0.159. The molecule has 0 bridgehead atoms. The molecule has 1 aliphatic heterocycles. The number of benzene rings is 3. The second kappa shape index (κ2) is 15.8. The van der Waals surface area contributed by atoms with Gasteiger partial charge in [-0.1, -0.05) is 23.8 Å². The van der Waals surface area contributed by atoms with Crippen molar-refractivity contribution < 1.29 is 38.1 Å². The summed E-state index contributed by atoms with van der Waals surface area (Å²) in [4.78, 5) is 42.4. The van der Waals surface area contributed by atoms with E-state index in [4.69, 9.17) is 23.7 Å². The number of nitrogens with zero attached hydrogens (tertiary/aromatic N) is 1. The van der Waals surface area contributed by atoms with Gasteiger partial charge in [-0.05, 0) is 95.6 Å². The second-order valence-corrected chi connectivity index (χ2v) is 12.3. The highest BCUT2D eigenvalue weighted by atomic mass is 16.7. The summed E-state index contributed by atoms with van der Waals surface area (Å²) in [6.07, 6.45) is 0.827. The highest BCUT2D eigenvalue weighted by molar-refractivity contribution is 6.11. The first-order valence-electron chi connectivity index (χ1n) is 15.4. The molecule has 10 nitrogen and oxygen atoms in total. The van der Waals surface area contributed by atoms with Crippen LogP contribution in [0, 0.1) is 6.92 Å². The first kappa shape index (κ1) is 34.6. The lowest BCUT2D eigenvalue weighted by atomic mass is 9.99. The van der Waals surface area contributed by atoms with Crippen LogP contribution < -0.4 is 14.8 Å². The van der Waals surface area contributed by atoms with Crippen molar-refractivity contribution in [1.82, 2.24) is 10.2 Å². The van der Waals surface area contributed by atoms with E-state index in [-0.39, 0.29) is 30.8 Å². The van der Waals surface area contributed by atoms with Crippen molar-refractivity contribution in [2.75, 3.05) is 40.9 Å². The van der Waals surface area contributed by atoms with Gasteiger partial charge in [-0.15, -0.1) is 0 Å². The molecule has 0 aromatic heterocycles. The van der Waals surface area contributed by atoms with Gasteiger partial charge in [-0.2, -0.15) is 0 Å². The fraction of sp³-hybridized carbons (Fsp3) is 0.417. The van der Waals surface area contributed by atoms with Crippen LogP contribution in [0.5, 0.6) is 11.5 Å². The number of likely N-dealkylation sites (tertiary alicyclic amines) is 1. The van der Waals surface area contributed by atoms with Gasteiger partial charge in [0.2, 0.25) is 0 Å². The van der Waals surface area contributed by atoms with Crippen LogP contribution in [0.15, 0.2) is 66.7 Å². The monoisotopic (exact) mass is 632 g/mol. The van der Waals surface area contributed by atoms with Gasteiger partial charge in [0.15, 0.2) is 19.4 Å². The number of aryl methyl sites for hydroxylation is 1. The molecule has 1 aliphatic rings. The molecule has 0 saturated carbocycles.